The third-order valence-electron chi connectivity index (χ3n) is 8.79. The molecule has 0 unspecified atom stereocenters. The van der Waals surface area contributed by atoms with Gasteiger partial charge in [0.15, 0.2) is 0 Å². The van der Waals surface area contributed by atoms with Gasteiger partial charge in [-0.15, -0.1) is 0 Å². The van der Waals surface area contributed by atoms with E-state index in [0.717, 1.165) is 26.2 Å². The van der Waals surface area contributed by atoms with Gasteiger partial charge in [0.2, 0.25) is 12.7 Å². The Kier molecular flexibility index (Phi) is 18.1. The summed E-state index contributed by atoms with van der Waals surface area (Å²) in [7, 11) is 0. The third kappa shape index (κ3) is 15.2. The predicted octanol–water partition coefficient (Wildman–Crippen LogP) is 9.80. The molecule has 0 aliphatic carbocycles. The zero-order chi connectivity index (χ0) is 29.5. The predicted molar refractivity (Wildman–Crippen MR) is 178 cm³/mol. The van der Waals surface area contributed by atoms with Crippen molar-refractivity contribution < 1.29 is 9.13 Å². The standard InChI is InChI=1S/C38H64N4/c1-3-5-7-9-11-13-15-17-19-21-27-39-29-31-41(35-39)33-37-23-25-38(26-24-37)34-42-32-30-40(36-42)28-22-20-18-16-14-12-10-8-6-4-2/h23-26,29-32,35-36H,3-22,27-28,33-34H2,1-2H3/q+2. The van der Waals surface area contributed by atoms with Gasteiger partial charge in [0.25, 0.3) is 0 Å². The van der Waals surface area contributed by atoms with Crippen molar-refractivity contribution in [2.75, 3.05) is 0 Å². The van der Waals surface area contributed by atoms with Crippen LogP contribution in [0, 0.1) is 0 Å². The zero-order valence-corrected chi connectivity index (χ0v) is 27.5. The minimum absolute atomic E-state index is 0.938. The van der Waals surface area contributed by atoms with Crippen LogP contribution in [0.1, 0.15) is 153 Å². The lowest BCUT2D eigenvalue weighted by Gasteiger charge is -2.02. The fourth-order valence-electron chi connectivity index (χ4n) is 6.06. The van der Waals surface area contributed by atoms with Gasteiger partial charge in [-0.1, -0.05) is 141 Å². The normalized spacial score (nSPS) is 11.5. The Bertz CT molecular complexity index is 948. The molecule has 4 heteroatoms. The SMILES string of the molecule is CCCCCCCCCCCCn1cc[n+](Cc2ccc(C[n+]3ccn(CCCCCCCCCCCC)c3)cc2)c1. The smallest absolute Gasteiger partial charge is 0.237 e. The number of hydrogen-bond acceptors (Lipinski definition) is 0. The van der Waals surface area contributed by atoms with Gasteiger partial charge in [0.05, 0.1) is 13.1 Å². The molecule has 0 fully saturated rings. The maximum atomic E-state index is 2.36. The van der Waals surface area contributed by atoms with E-state index in [1.807, 2.05) is 0 Å². The Balaban J connectivity index is 1.24. The molecule has 3 aromatic rings. The molecule has 4 nitrogen and oxygen atoms in total. The number of benzene rings is 1. The number of nitrogens with zero attached hydrogens (tertiary/aromatic N) is 4. The summed E-state index contributed by atoms with van der Waals surface area (Å²) in [4.78, 5) is 0. The summed E-state index contributed by atoms with van der Waals surface area (Å²) in [6.07, 6.45) is 41.3. The van der Waals surface area contributed by atoms with E-state index in [1.165, 1.54) is 140 Å². The highest BCUT2D eigenvalue weighted by molar-refractivity contribution is 5.21. The highest BCUT2D eigenvalue weighted by atomic mass is 15.1. The van der Waals surface area contributed by atoms with E-state index in [9.17, 15) is 0 Å². The molecular weight excluding hydrogens is 512 g/mol. The van der Waals surface area contributed by atoms with E-state index in [1.54, 1.807) is 0 Å². The monoisotopic (exact) mass is 577 g/mol. The van der Waals surface area contributed by atoms with Crippen LogP contribution in [0.5, 0.6) is 0 Å². The second-order valence-corrected chi connectivity index (χ2v) is 12.8. The molecule has 0 saturated heterocycles. The summed E-state index contributed by atoms with van der Waals surface area (Å²) in [5.41, 5.74) is 2.73. The van der Waals surface area contributed by atoms with Crippen LogP contribution in [0.15, 0.2) is 61.7 Å². The third-order valence-corrected chi connectivity index (χ3v) is 8.79. The minimum Gasteiger partial charge on any atom is -0.237 e. The average molecular weight is 577 g/mol. The van der Waals surface area contributed by atoms with Gasteiger partial charge in [-0.05, 0) is 36.8 Å². The molecule has 2 heterocycles. The van der Waals surface area contributed by atoms with Gasteiger partial charge in [0.1, 0.15) is 37.9 Å². The maximum Gasteiger partial charge on any atom is 0.244 e. The van der Waals surface area contributed by atoms with Gasteiger partial charge in [-0.2, -0.15) is 0 Å². The molecule has 0 atom stereocenters. The fraction of sp³-hybridized carbons (Fsp3) is 0.684. The molecule has 0 bridgehead atoms. The van der Waals surface area contributed by atoms with E-state index in [-0.39, 0.29) is 0 Å². The van der Waals surface area contributed by atoms with Crippen molar-refractivity contribution in [1.82, 2.24) is 9.13 Å². The molecule has 0 aliphatic heterocycles. The zero-order valence-electron chi connectivity index (χ0n) is 27.5. The highest BCUT2D eigenvalue weighted by Crippen LogP contribution is 2.12. The topological polar surface area (TPSA) is 17.6 Å². The first kappa shape index (κ1) is 34.1. The number of aryl methyl sites for hydroxylation is 2. The van der Waals surface area contributed by atoms with Crippen LogP contribution in [-0.2, 0) is 26.2 Å². The van der Waals surface area contributed by atoms with Crippen molar-refractivity contribution >= 4 is 0 Å². The molecule has 0 saturated carbocycles. The second-order valence-electron chi connectivity index (χ2n) is 12.8. The summed E-state index contributed by atoms with van der Waals surface area (Å²) in [6, 6.07) is 9.18. The first-order chi connectivity index (χ1) is 20.8. The van der Waals surface area contributed by atoms with Crippen LogP contribution >= 0.6 is 0 Å². The van der Waals surface area contributed by atoms with Crippen molar-refractivity contribution in [1.29, 1.82) is 0 Å². The molecule has 0 radical (unpaired) electrons. The molecule has 0 aliphatic rings. The lowest BCUT2D eigenvalue weighted by molar-refractivity contribution is -0.688. The van der Waals surface area contributed by atoms with E-state index < -0.39 is 0 Å². The van der Waals surface area contributed by atoms with E-state index >= 15 is 0 Å². The van der Waals surface area contributed by atoms with Gasteiger partial charge in [0, 0.05) is 0 Å². The second kappa shape index (κ2) is 22.2. The molecule has 0 N–H and O–H groups in total. The molecular formula is C38H64N4+2. The Morgan fingerprint density at radius 1 is 0.429 bits per heavy atom. The molecule has 42 heavy (non-hydrogen) atoms. The van der Waals surface area contributed by atoms with E-state index in [0.29, 0.717) is 0 Å². The van der Waals surface area contributed by atoms with Gasteiger partial charge in [-0.3, -0.25) is 0 Å². The maximum absolute atomic E-state index is 2.36. The Labute approximate surface area is 259 Å². The number of unbranched alkanes of at least 4 members (excludes halogenated alkanes) is 18. The summed E-state index contributed by atoms with van der Waals surface area (Å²) in [5, 5.41) is 0. The lowest BCUT2D eigenvalue weighted by Crippen LogP contribution is -2.32. The van der Waals surface area contributed by atoms with Crippen LogP contribution in [0.4, 0.5) is 0 Å². The minimum atomic E-state index is 0.938. The lowest BCUT2D eigenvalue weighted by atomic mass is 10.1. The Morgan fingerprint density at radius 3 is 1.07 bits per heavy atom. The molecule has 1 aromatic carbocycles. The average Bonchev–Trinajstić information content (AvgIpc) is 3.65. The van der Waals surface area contributed by atoms with E-state index in [4.69, 9.17) is 0 Å². The molecule has 0 amide bonds. The van der Waals surface area contributed by atoms with Crippen LogP contribution < -0.4 is 9.13 Å². The first-order valence-corrected chi connectivity index (χ1v) is 17.9. The molecule has 2 aromatic heterocycles. The summed E-state index contributed by atoms with van der Waals surface area (Å²) in [5.74, 6) is 0. The van der Waals surface area contributed by atoms with E-state index in [2.05, 4.69) is 93.8 Å². The number of rotatable bonds is 26. The molecule has 234 valence electrons. The van der Waals surface area contributed by atoms with Crippen molar-refractivity contribution in [2.24, 2.45) is 0 Å². The largest absolute Gasteiger partial charge is 0.244 e. The summed E-state index contributed by atoms with van der Waals surface area (Å²) in [6.45, 7) is 8.74. The van der Waals surface area contributed by atoms with Crippen molar-refractivity contribution in [3.05, 3.63) is 72.8 Å². The number of aromatic nitrogens is 4. The van der Waals surface area contributed by atoms with Crippen molar-refractivity contribution in [3.63, 3.8) is 0 Å². The Morgan fingerprint density at radius 2 is 0.738 bits per heavy atom. The molecule has 0 spiro atoms. The van der Waals surface area contributed by atoms with Gasteiger partial charge >= 0.3 is 0 Å². The summed E-state index contributed by atoms with van der Waals surface area (Å²) >= 11 is 0. The van der Waals surface area contributed by atoms with Crippen LogP contribution in [0.25, 0.3) is 0 Å². The number of imidazole rings is 2. The summed E-state index contributed by atoms with van der Waals surface area (Å²) < 4.78 is 9.34. The fourth-order valence-corrected chi connectivity index (χ4v) is 6.06. The van der Waals surface area contributed by atoms with Gasteiger partial charge < -0.3 is 0 Å². The highest BCUT2D eigenvalue weighted by Gasteiger charge is 2.08. The van der Waals surface area contributed by atoms with Crippen LogP contribution in [0.3, 0.4) is 0 Å². The number of hydrogen-bond donors (Lipinski definition) is 0. The quantitative estimate of drug-likeness (QED) is 0.0668. The van der Waals surface area contributed by atoms with Crippen molar-refractivity contribution in [3.8, 4) is 0 Å². The van der Waals surface area contributed by atoms with Gasteiger partial charge in [-0.25, -0.2) is 18.3 Å². The Hall–Kier alpha value is -2.36. The van der Waals surface area contributed by atoms with Crippen LogP contribution in [0.2, 0.25) is 0 Å². The van der Waals surface area contributed by atoms with Crippen LogP contribution in [-0.4, -0.2) is 9.13 Å². The molecule has 3 rings (SSSR count). The first-order valence-electron chi connectivity index (χ1n) is 17.9. The van der Waals surface area contributed by atoms with Crippen molar-refractivity contribution in [2.45, 2.75) is 168 Å².